The van der Waals surface area contributed by atoms with Gasteiger partial charge in [-0.3, -0.25) is 9.69 Å². The number of aliphatic hydroxyl groups is 1. The number of carbonyl (C=O) groups excluding carboxylic acids is 1. The standard InChI is InChI=1S/C16H24N2O3/c1-12(19)14-6-7-18(10-14)11-16(20)17-9-13-4-3-5-15(8-13)21-2/h3-5,8,12,14,19H,6-7,9-11H2,1-2H3,(H,17,20). The highest BCUT2D eigenvalue weighted by atomic mass is 16.5. The number of rotatable bonds is 6. The lowest BCUT2D eigenvalue weighted by atomic mass is 10.0. The Hall–Kier alpha value is -1.59. The molecule has 2 atom stereocenters. The summed E-state index contributed by atoms with van der Waals surface area (Å²) in [6.07, 6.45) is 0.663. The van der Waals surface area contributed by atoms with Gasteiger partial charge in [-0.2, -0.15) is 0 Å². The van der Waals surface area contributed by atoms with Gasteiger partial charge >= 0.3 is 0 Å². The Labute approximate surface area is 125 Å². The minimum absolute atomic E-state index is 0.0177. The third kappa shape index (κ3) is 4.72. The molecule has 1 aromatic rings. The molecule has 1 aromatic carbocycles. The Kier molecular flexibility index (Phi) is 5.59. The molecular formula is C16H24N2O3. The number of methoxy groups -OCH3 is 1. The highest BCUT2D eigenvalue weighted by Crippen LogP contribution is 2.19. The summed E-state index contributed by atoms with van der Waals surface area (Å²) < 4.78 is 5.16. The van der Waals surface area contributed by atoms with Crippen LogP contribution in [-0.2, 0) is 11.3 Å². The molecule has 0 radical (unpaired) electrons. The minimum atomic E-state index is -0.296. The Balaban J connectivity index is 1.75. The average Bonchev–Trinajstić information content (AvgIpc) is 2.94. The lowest BCUT2D eigenvalue weighted by Gasteiger charge is -2.17. The van der Waals surface area contributed by atoms with E-state index in [0.29, 0.717) is 13.1 Å². The summed E-state index contributed by atoms with van der Waals surface area (Å²) in [5, 5.41) is 12.5. The summed E-state index contributed by atoms with van der Waals surface area (Å²) in [7, 11) is 1.63. The van der Waals surface area contributed by atoms with Crippen LogP contribution in [0.15, 0.2) is 24.3 Å². The number of ether oxygens (including phenoxy) is 1. The summed E-state index contributed by atoms with van der Waals surface area (Å²) in [6, 6.07) is 7.67. The van der Waals surface area contributed by atoms with Crippen molar-refractivity contribution in [2.24, 2.45) is 5.92 Å². The van der Waals surface area contributed by atoms with Gasteiger partial charge < -0.3 is 15.2 Å². The van der Waals surface area contributed by atoms with Crippen molar-refractivity contribution < 1.29 is 14.6 Å². The first-order valence-corrected chi connectivity index (χ1v) is 7.38. The maximum atomic E-state index is 12.0. The number of hydrogen-bond donors (Lipinski definition) is 2. The van der Waals surface area contributed by atoms with Gasteiger partial charge in [0.2, 0.25) is 5.91 Å². The Morgan fingerprint density at radius 3 is 3.05 bits per heavy atom. The predicted octanol–water partition coefficient (Wildman–Crippen LogP) is 1.01. The highest BCUT2D eigenvalue weighted by molar-refractivity contribution is 5.78. The largest absolute Gasteiger partial charge is 0.497 e. The van der Waals surface area contributed by atoms with E-state index in [1.54, 1.807) is 7.11 Å². The van der Waals surface area contributed by atoms with Crippen molar-refractivity contribution in [3.05, 3.63) is 29.8 Å². The van der Waals surface area contributed by atoms with Crippen molar-refractivity contribution in [3.8, 4) is 5.75 Å². The van der Waals surface area contributed by atoms with Crippen molar-refractivity contribution in [1.29, 1.82) is 0 Å². The second-order valence-electron chi connectivity index (χ2n) is 5.65. The van der Waals surface area contributed by atoms with E-state index in [1.807, 2.05) is 31.2 Å². The van der Waals surface area contributed by atoms with Gasteiger partial charge in [-0.15, -0.1) is 0 Å². The number of likely N-dealkylation sites (tertiary alicyclic amines) is 1. The molecule has 21 heavy (non-hydrogen) atoms. The fraction of sp³-hybridized carbons (Fsp3) is 0.562. The quantitative estimate of drug-likeness (QED) is 0.821. The molecule has 0 saturated carbocycles. The van der Waals surface area contributed by atoms with Crippen LogP contribution in [0.25, 0.3) is 0 Å². The topological polar surface area (TPSA) is 61.8 Å². The summed E-state index contributed by atoms with van der Waals surface area (Å²) in [5.41, 5.74) is 1.02. The molecule has 1 aliphatic heterocycles. The van der Waals surface area contributed by atoms with Crippen LogP contribution >= 0.6 is 0 Å². The van der Waals surface area contributed by atoms with E-state index in [2.05, 4.69) is 10.2 Å². The molecule has 1 saturated heterocycles. The van der Waals surface area contributed by atoms with E-state index in [-0.39, 0.29) is 17.9 Å². The van der Waals surface area contributed by atoms with E-state index in [9.17, 15) is 9.90 Å². The van der Waals surface area contributed by atoms with Crippen molar-refractivity contribution in [2.75, 3.05) is 26.7 Å². The number of carbonyl (C=O) groups is 1. The van der Waals surface area contributed by atoms with Crippen LogP contribution in [0.4, 0.5) is 0 Å². The molecule has 2 rings (SSSR count). The molecular weight excluding hydrogens is 268 g/mol. The normalized spacial score (nSPS) is 20.2. The van der Waals surface area contributed by atoms with Gasteiger partial charge in [0.25, 0.3) is 0 Å². The van der Waals surface area contributed by atoms with Gasteiger partial charge in [-0.25, -0.2) is 0 Å². The average molecular weight is 292 g/mol. The number of hydrogen-bond acceptors (Lipinski definition) is 4. The van der Waals surface area contributed by atoms with Crippen molar-refractivity contribution in [3.63, 3.8) is 0 Å². The van der Waals surface area contributed by atoms with E-state index < -0.39 is 0 Å². The predicted molar refractivity (Wildman–Crippen MR) is 81.1 cm³/mol. The van der Waals surface area contributed by atoms with E-state index in [0.717, 1.165) is 30.8 Å². The summed E-state index contributed by atoms with van der Waals surface area (Å²) >= 11 is 0. The number of nitrogens with one attached hydrogen (secondary N) is 1. The number of benzene rings is 1. The maximum Gasteiger partial charge on any atom is 0.234 e. The Morgan fingerprint density at radius 2 is 2.38 bits per heavy atom. The zero-order valence-electron chi connectivity index (χ0n) is 12.7. The molecule has 0 bridgehead atoms. The first-order valence-electron chi connectivity index (χ1n) is 7.38. The number of amides is 1. The zero-order valence-corrected chi connectivity index (χ0v) is 12.7. The maximum absolute atomic E-state index is 12.0. The van der Waals surface area contributed by atoms with Crippen LogP contribution in [-0.4, -0.2) is 48.8 Å². The van der Waals surface area contributed by atoms with E-state index in [4.69, 9.17) is 4.74 Å². The molecule has 0 aromatic heterocycles. The first kappa shape index (κ1) is 15.8. The van der Waals surface area contributed by atoms with Gasteiger partial charge in [0.15, 0.2) is 0 Å². The lowest BCUT2D eigenvalue weighted by Crippen LogP contribution is -2.36. The molecule has 1 amide bonds. The van der Waals surface area contributed by atoms with Crippen LogP contribution in [0.3, 0.4) is 0 Å². The van der Waals surface area contributed by atoms with Gasteiger partial charge in [-0.1, -0.05) is 12.1 Å². The third-order valence-corrected chi connectivity index (χ3v) is 3.98. The Bertz CT molecular complexity index is 476. The smallest absolute Gasteiger partial charge is 0.234 e. The molecule has 0 aliphatic carbocycles. The fourth-order valence-electron chi connectivity index (χ4n) is 2.64. The second kappa shape index (κ2) is 7.43. The molecule has 1 heterocycles. The molecule has 1 aliphatic rings. The van der Waals surface area contributed by atoms with Crippen molar-refractivity contribution >= 4 is 5.91 Å². The minimum Gasteiger partial charge on any atom is -0.497 e. The molecule has 1 fully saturated rings. The van der Waals surface area contributed by atoms with Gasteiger partial charge in [0.1, 0.15) is 5.75 Å². The molecule has 2 unspecified atom stereocenters. The molecule has 5 heteroatoms. The van der Waals surface area contributed by atoms with Gasteiger partial charge in [0, 0.05) is 13.1 Å². The third-order valence-electron chi connectivity index (χ3n) is 3.98. The molecule has 0 spiro atoms. The monoisotopic (exact) mass is 292 g/mol. The SMILES string of the molecule is COc1cccc(CNC(=O)CN2CCC(C(C)O)C2)c1. The lowest BCUT2D eigenvalue weighted by molar-refractivity contribution is -0.122. The Morgan fingerprint density at radius 1 is 1.57 bits per heavy atom. The number of aliphatic hydroxyl groups excluding tert-OH is 1. The highest BCUT2D eigenvalue weighted by Gasteiger charge is 2.26. The molecule has 116 valence electrons. The van der Waals surface area contributed by atoms with Crippen molar-refractivity contribution in [2.45, 2.75) is 26.0 Å². The van der Waals surface area contributed by atoms with E-state index in [1.165, 1.54) is 0 Å². The van der Waals surface area contributed by atoms with E-state index >= 15 is 0 Å². The molecule has 2 N–H and O–H groups in total. The van der Waals surface area contributed by atoms with Crippen LogP contribution in [0.5, 0.6) is 5.75 Å². The van der Waals surface area contributed by atoms with Crippen LogP contribution in [0.2, 0.25) is 0 Å². The summed E-state index contributed by atoms with van der Waals surface area (Å²) in [5.74, 6) is 1.10. The summed E-state index contributed by atoms with van der Waals surface area (Å²) in [4.78, 5) is 14.1. The molecule has 5 nitrogen and oxygen atoms in total. The van der Waals surface area contributed by atoms with Crippen molar-refractivity contribution in [1.82, 2.24) is 10.2 Å². The summed E-state index contributed by atoms with van der Waals surface area (Å²) in [6.45, 7) is 4.39. The van der Waals surface area contributed by atoms with Crippen LogP contribution in [0.1, 0.15) is 18.9 Å². The zero-order chi connectivity index (χ0) is 15.2. The second-order valence-corrected chi connectivity index (χ2v) is 5.65. The number of nitrogens with zero attached hydrogens (tertiary/aromatic N) is 1. The van der Waals surface area contributed by atoms with Gasteiger partial charge in [0.05, 0.1) is 19.8 Å². The van der Waals surface area contributed by atoms with Gasteiger partial charge in [-0.05, 0) is 43.5 Å². The first-order chi connectivity index (χ1) is 10.1. The fourth-order valence-corrected chi connectivity index (χ4v) is 2.64. The van der Waals surface area contributed by atoms with Crippen LogP contribution in [0, 0.1) is 5.92 Å². The van der Waals surface area contributed by atoms with Crippen LogP contribution < -0.4 is 10.1 Å².